The Morgan fingerprint density at radius 3 is 2.74 bits per heavy atom. The van der Waals surface area contributed by atoms with Gasteiger partial charge >= 0.3 is 0 Å². The van der Waals surface area contributed by atoms with Crippen LogP contribution in [-0.2, 0) is 0 Å². The number of amidine groups is 1. The van der Waals surface area contributed by atoms with E-state index in [0.717, 1.165) is 29.2 Å². The highest BCUT2D eigenvalue weighted by molar-refractivity contribution is 8.14. The van der Waals surface area contributed by atoms with Gasteiger partial charge in [-0.25, -0.2) is 0 Å². The van der Waals surface area contributed by atoms with E-state index in [0.29, 0.717) is 5.25 Å². The van der Waals surface area contributed by atoms with Crippen LogP contribution >= 0.6 is 11.8 Å². The Hall–Kier alpha value is -0.900. The van der Waals surface area contributed by atoms with Crippen LogP contribution in [-0.4, -0.2) is 17.0 Å². The van der Waals surface area contributed by atoms with Gasteiger partial charge in [0.2, 0.25) is 0 Å². The lowest BCUT2D eigenvalue weighted by Crippen LogP contribution is -2.24. The normalized spacial score (nSPS) is 20.7. The van der Waals surface area contributed by atoms with Gasteiger partial charge in [-0.3, -0.25) is 4.99 Å². The van der Waals surface area contributed by atoms with Crippen LogP contribution in [0.2, 0.25) is 0 Å². The Labute approximate surface area is 120 Å². The first kappa shape index (κ1) is 14.5. The van der Waals surface area contributed by atoms with Crippen LogP contribution in [0.4, 0.5) is 0 Å². The van der Waals surface area contributed by atoms with E-state index in [2.05, 4.69) is 31.1 Å². The molecule has 2 atom stereocenters. The molecule has 2 heterocycles. The molecule has 0 amide bonds. The molecule has 2 rings (SSSR count). The van der Waals surface area contributed by atoms with Crippen LogP contribution in [0.25, 0.3) is 0 Å². The van der Waals surface area contributed by atoms with Crippen molar-refractivity contribution >= 4 is 16.9 Å². The average molecular weight is 280 g/mol. The Bertz CT molecular complexity index is 437. The van der Waals surface area contributed by atoms with Crippen LogP contribution in [0.5, 0.6) is 0 Å². The summed E-state index contributed by atoms with van der Waals surface area (Å²) < 4.78 is 5.65. The topological polar surface area (TPSA) is 37.5 Å². The first-order valence-corrected chi connectivity index (χ1v) is 8.06. The zero-order chi connectivity index (χ0) is 13.8. The minimum absolute atomic E-state index is 0.181. The molecule has 0 fully saturated rings. The molecule has 0 bridgehead atoms. The molecule has 0 aliphatic carbocycles. The molecule has 1 aliphatic rings. The molecule has 2 unspecified atom stereocenters. The van der Waals surface area contributed by atoms with Crippen LogP contribution in [0, 0.1) is 12.8 Å². The summed E-state index contributed by atoms with van der Waals surface area (Å²) in [6.45, 7) is 9.58. The van der Waals surface area contributed by atoms with E-state index < -0.39 is 0 Å². The summed E-state index contributed by atoms with van der Waals surface area (Å²) >= 11 is 1.89. The lowest BCUT2D eigenvalue weighted by Gasteiger charge is -2.19. The largest absolute Gasteiger partial charge is 0.464 e. The number of nitrogens with one attached hydrogen (secondary N) is 1. The highest BCUT2D eigenvalue weighted by Gasteiger charge is 2.26. The monoisotopic (exact) mass is 280 g/mol. The van der Waals surface area contributed by atoms with Crippen molar-refractivity contribution in [1.29, 1.82) is 0 Å². The summed E-state index contributed by atoms with van der Waals surface area (Å²) in [5.74, 6) is 2.71. The molecular weight excluding hydrogens is 256 g/mol. The van der Waals surface area contributed by atoms with Crippen molar-refractivity contribution in [2.75, 3.05) is 6.54 Å². The summed E-state index contributed by atoms with van der Waals surface area (Å²) in [6.07, 6.45) is 2.48. The van der Waals surface area contributed by atoms with Crippen molar-refractivity contribution in [2.24, 2.45) is 10.9 Å². The fraction of sp³-hybridized carbons (Fsp3) is 0.667. The third-order valence-corrected chi connectivity index (χ3v) is 5.09. The maximum atomic E-state index is 5.65. The minimum Gasteiger partial charge on any atom is -0.464 e. The van der Waals surface area contributed by atoms with Crippen molar-refractivity contribution in [2.45, 2.75) is 51.8 Å². The zero-order valence-electron chi connectivity index (χ0n) is 12.3. The highest BCUT2D eigenvalue weighted by Crippen LogP contribution is 2.31. The van der Waals surface area contributed by atoms with Gasteiger partial charge in [-0.1, -0.05) is 38.5 Å². The maximum Gasteiger partial charge on any atom is 0.157 e. The van der Waals surface area contributed by atoms with Gasteiger partial charge in [0.15, 0.2) is 5.17 Å². The maximum absolute atomic E-state index is 5.65. The smallest absolute Gasteiger partial charge is 0.157 e. The first-order chi connectivity index (χ1) is 9.13. The quantitative estimate of drug-likeness (QED) is 0.880. The number of thioether (sulfide) groups is 1. The molecule has 1 aromatic heterocycles. The van der Waals surface area contributed by atoms with Crippen LogP contribution in [0.3, 0.4) is 0 Å². The number of hydrogen-bond acceptors (Lipinski definition) is 4. The Kier molecular flexibility index (Phi) is 4.97. The van der Waals surface area contributed by atoms with E-state index in [4.69, 9.17) is 4.42 Å². The fourth-order valence-corrected chi connectivity index (χ4v) is 3.88. The predicted molar refractivity (Wildman–Crippen MR) is 82.7 cm³/mol. The lowest BCUT2D eigenvalue weighted by molar-refractivity contribution is 0.444. The Morgan fingerprint density at radius 1 is 1.42 bits per heavy atom. The van der Waals surface area contributed by atoms with Crippen molar-refractivity contribution in [3.05, 3.63) is 23.7 Å². The molecule has 1 aliphatic heterocycles. The average Bonchev–Trinajstić information content (AvgIpc) is 3.00. The molecule has 1 aromatic rings. The van der Waals surface area contributed by atoms with Gasteiger partial charge in [-0.2, -0.15) is 0 Å². The second kappa shape index (κ2) is 6.51. The highest BCUT2D eigenvalue weighted by atomic mass is 32.2. The zero-order valence-corrected chi connectivity index (χ0v) is 13.1. The van der Waals surface area contributed by atoms with E-state index in [1.54, 1.807) is 0 Å². The summed E-state index contributed by atoms with van der Waals surface area (Å²) in [4.78, 5) is 4.63. The molecule has 0 radical (unpaired) electrons. The second-order valence-corrected chi connectivity index (χ2v) is 6.42. The summed E-state index contributed by atoms with van der Waals surface area (Å²) in [5.41, 5.74) is 0. The van der Waals surface area contributed by atoms with Crippen molar-refractivity contribution in [3.8, 4) is 0 Å². The third-order valence-electron chi connectivity index (χ3n) is 3.78. The molecule has 4 heteroatoms. The molecule has 1 N–H and O–H groups in total. The predicted octanol–water partition coefficient (Wildman–Crippen LogP) is 4.15. The van der Waals surface area contributed by atoms with Gasteiger partial charge in [0.1, 0.15) is 11.5 Å². The molecule has 106 valence electrons. The number of nitrogens with zero attached hydrogens (tertiary/aromatic N) is 1. The number of aliphatic imine (C=N–C) groups is 1. The van der Waals surface area contributed by atoms with Gasteiger partial charge in [0.25, 0.3) is 0 Å². The van der Waals surface area contributed by atoms with Gasteiger partial charge in [-0.05, 0) is 31.9 Å². The molecule has 0 aromatic carbocycles. The van der Waals surface area contributed by atoms with E-state index in [9.17, 15) is 0 Å². The Balaban J connectivity index is 1.88. The number of furan rings is 1. The summed E-state index contributed by atoms with van der Waals surface area (Å²) in [7, 11) is 0. The van der Waals surface area contributed by atoms with Gasteiger partial charge < -0.3 is 9.73 Å². The third kappa shape index (κ3) is 3.56. The Morgan fingerprint density at radius 2 is 2.16 bits per heavy atom. The summed E-state index contributed by atoms with van der Waals surface area (Å²) in [6, 6.07) is 4.22. The van der Waals surface area contributed by atoms with Crippen molar-refractivity contribution < 1.29 is 4.42 Å². The van der Waals surface area contributed by atoms with Crippen molar-refractivity contribution in [1.82, 2.24) is 5.32 Å². The van der Waals surface area contributed by atoms with E-state index in [1.165, 1.54) is 12.8 Å². The second-order valence-electron chi connectivity index (χ2n) is 5.19. The number of aryl methyl sites for hydroxylation is 1. The molecule has 0 saturated carbocycles. The fourth-order valence-electron chi connectivity index (χ4n) is 2.47. The van der Waals surface area contributed by atoms with E-state index >= 15 is 0 Å². The van der Waals surface area contributed by atoms with Crippen LogP contribution in [0.15, 0.2) is 21.5 Å². The minimum atomic E-state index is 0.181. The summed E-state index contributed by atoms with van der Waals surface area (Å²) in [5, 5.41) is 5.17. The van der Waals surface area contributed by atoms with E-state index in [-0.39, 0.29) is 6.04 Å². The van der Waals surface area contributed by atoms with Gasteiger partial charge in [-0.15, -0.1) is 0 Å². The SMILES string of the molecule is CCC(CC)C1CN=C(NC(C)c2ccc(C)o2)S1. The lowest BCUT2D eigenvalue weighted by atomic mass is 9.99. The molecule has 3 nitrogen and oxygen atoms in total. The molecular formula is C15H24N2OS. The van der Waals surface area contributed by atoms with Gasteiger partial charge in [0.05, 0.1) is 12.6 Å². The standard InChI is InChI=1S/C15H24N2OS/c1-5-12(6-2)14-9-16-15(19-14)17-11(4)13-8-7-10(3)18-13/h7-8,11-12,14H,5-6,9H2,1-4H3,(H,16,17). The molecule has 19 heavy (non-hydrogen) atoms. The van der Waals surface area contributed by atoms with E-state index in [1.807, 2.05) is 30.8 Å². The first-order valence-electron chi connectivity index (χ1n) is 7.18. The van der Waals surface area contributed by atoms with Gasteiger partial charge in [0, 0.05) is 5.25 Å². The van der Waals surface area contributed by atoms with Crippen LogP contribution < -0.4 is 5.32 Å². The molecule has 0 saturated heterocycles. The molecule has 0 spiro atoms. The van der Waals surface area contributed by atoms with Crippen LogP contribution in [0.1, 0.15) is 51.2 Å². The van der Waals surface area contributed by atoms with Crippen molar-refractivity contribution in [3.63, 3.8) is 0 Å². The number of hydrogen-bond donors (Lipinski definition) is 1. The number of rotatable bonds is 5.